The molecule has 1 unspecified atom stereocenters. The quantitative estimate of drug-likeness (QED) is 0.842. The fourth-order valence-corrected chi connectivity index (χ4v) is 3.51. The summed E-state index contributed by atoms with van der Waals surface area (Å²) in [5.41, 5.74) is 6.59. The molecule has 0 saturated carbocycles. The van der Waals surface area contributed by atoms with E-state index in [1.54, 1.807) is 23.5 Å². The fraction of sp³-hybridized carbons (Fsp3) is 0.231. The summed E-state index contributed by atoms with van der Waals surface area (Å²) in [6, 6.07) is 6.43. The largest absolute Gasteiger partial charge is 0.323 e. The van der Waals surface area contributed by atoms with Gasteiger partial charge in [0, 0.05) is 30.9 Å². The van der Waals surface area contributed by atoms with Crippen LogP contribution in [0.5, 0.6) is 0 Å². The summed E-state index contributed by atoms with van der Waals surface area (Å²) in [7, 11) is 0. The van der Waals surface area contributed by atoms with Crippen LogP contribution in [0.2, 0.25) is 5.02 Å². The van der Waals surface area contributed by atoms with Gasteiger partial charge < -0.3 is 5.73 Å². The van der Waals surface area contributed by atoms with Gasteiger partial charge in [0.1, 0.15) is 5.82 Å². The van der Waals surface area contributed by atoms with Gasteiger partial charge in [-0.25, -0.2) is 4.39 Å². The van der Waals surface area contributed by atoms with Crippen LogP contribution in [0, 0.1) is 12.7 Å². The Balaban J connectivity index is 2.23. The van der Waals surface area contributed by atoms with Gasteiger partial charge in [0.15, 0.2) is 0 Å². The molecule has 1 atom stereocenters. The van der Waals surface area contributed by atoms with Crippen LogP contribution in [-0.2, 0) is 6.42 Å². The van der Waals surface area contributed by atoms with E-state index in [1.807, 2.05) is 13.0 Å². The zero-order chi connectivity index (χ0) is 13.3. The zero-order valence-corrected chi connectivity index (χ0v) is 12.9. The third-order valence-electron chi connectivity index (χ3n) is 2.73. The van der Waals surface area contributed by atoms with Crippen molar-refractivity contribution in [1.29, 1.82) is 0 Å². The van der Waals surface area contributed by atoms with Crippen LogP contribution in [0.4, 0.5) is 4.39 Å². The second-order valence-corrected chi connectivity index (χ2v) is 6.61. The summed E-state index contributed by atoms with van der Waals surface area (Å²) in [5, 5.41) is 0.429. The lowest BCUT2D eigenvalue weighted by Crippen LogP contribution is -2.13. The molecule has 0 bridgehead atoms. The molecule has 5 heteroatoms. The number of hydrogen-bond acceptors (Lipinski definition) is 2. The summed E-state index contributed by atoms with van der Waals surface area (Å²) in [6.07, 6.45) is 0.401. The Kier molecular flexibility index (Phi) is 4.43. The van der Waals surface area contributed by atoms with Crippen molar-refractivity contribution in [3.8, 4) is 0 Å². The van der Waals surface area contributed by atoms with Gasteiger partial charge in [-0.2, -0.15) is 0 Å². The molecule has 1 nitrogen and oxygen atoms in total. The van der Waals surface area contributed by atoms with Crippen molar-refractivity contribution in [3.63, 3.8) is 0 Å². The third-order valence-corrected chi connectivity index (χ3v) is 5.35. The van der Waals surface area contributed by atoms with E-state index in [2.05, 4.69) is 15.9 Å². The Labute approximate surface area is 123 Å². The first-order valence-corrected chi connectivity index (χ1v) is 7.42. The highest BCUT2D eigenvalue weighted by atomic mass is 79.9. The van der Waals surface area contributed by atoms with E-state index in [0.717, 1.165) is 9.35 Å². The third kappa shape index (κ3) is 2.94. The van der Waals surface area contributed by atoms with Gasteiger partial charge in [-0.1, -0.05) is 17.7 Å². The molecule has 0 saturated heterocycles. The van der Waals surface area contributed by atoms with Crippen molar-refractivity contribution < 1.29 is 4.39 Å². The van der Waals surface area contributed by atoms with E-state index in [4.69, 9.17) is 17.3 Å². The van der Waals surface area contributed by atoms with Gasteiger partial charge in [-0.05, 0) is 47.5 Å². The minimum atomic E-state index is -0.301. The number of halogens is 3. The number of rotatable bonds is 3. The van der Waals surface area contributed by atoms with Crippen LogP contribution in [0.15, 0.2) is 28.7 Å². The van der Waals surface area contributed by atoms with Crippen LogP contribution < -0.4 is 5.73 Å². The van der Waals surface area contributed by atoms with Crippen molar-refractivity contribution in [2.45, 2.75) is 19.4 Å². The SMILES string of the molecule is Cc1sc(C(N)Cc2c(F)cccc2Cl)cc1Br. The van der Waals surface area contributed by atoms with Crippen LogP contribution >= 0.6 is 38.9 Å². The Morgan fingerprint density at radius 3 is 2.78 bits per heavy atom. The molecule has 0 spiro atoms. The highest BCUT2D eigenvalue weighted by Gasteiger charge is 2.15. The molecule has 2 rings (SSSR count). The molecule has 96 valence electrons. The molecule has 0 radical (unpaired) electrons. The smallest absolute Gasteiger partial charge is 0.127 e. The summed E-state index contributed by atoms with van der Waals surface area (Å²) in [5.74, 6) is -0.301. The topological polar surface area (TPSA) is 26.0 Å². The second-order valence-electron chi connectivity index (χ2n) is 4.06. The summed E-state index contributed by atoms with van der Waals surface area (Å²) >= 11 is 11.1. The van der Waals surface area contributed by atoms with E-state index in [-0.39, 0.29) is 11.9 Å². The number of hydrogen-bond donors (Lipinski definition) is 1. The molecule has 2 N–H and O–H groups in total. The fourth-order valence-electron chi connectivity index (χ4n) is 1.71. The van der Waals surface area contributed by atoms with Crippen molar-refractivity contribution in [3.05, 3.63) is 54.9 Å². The first-order valence-electron chi connectivity index (χ1n) is 5.43. The average molecular weight is 349 g/mol. The molecule has 0 aliphatic rings. The van der Waals surface area contributed by atoms with E-state index in [9.17, 15) is 4.39 Å². The predicted molar refractivity (Wildman–Crippen MR) is 78.8 cm³/mol. The number of nitrogens with two attached hydrogens (primary N) is 1. The van der Waals surface area contributed by atoms with Crippen molar-refractivity contribution >= 4 is 38.9 Å². The van der Waals surface area contributed by atoms with Crippen LogP contribution in [0.25, 0.3) is 0 Å². The lowest BCUT2D eigenvalue weighted by Gasteiger charge is -2.11. The van der Waals surface area contributed by atoms with Crippen molar-refractivity contribution in [2.75, 3.05) is 0 Å². The maximum atomic E-state index is 13.7. The molecule has 0 aliphatic carbocycles. The number of thiophene rings is 1. The van der Waals surface area contributed by atoms with E-state index in [1.165, 1.54) is 10.9 Å². The van der Waals surface area contributed by atoms with Crippen LogP contribution in [-0.4, -0.2) is 0 Å². The van der Waals surface area contributed by atoms with Crippen molar-refractivity contribution in [1.82, 2.24) is 0 Å². The normalized spacial score (nSPS) is 12.7. The van der Waals surface area contributed by atoms with E-state index < -0.39 is 0 Å². The molecule has 1 aromatic carbocycles. The predicted octanol–water partition coefficient (Wildman–Crippen LogP) is 4.85. The Hall–Kier alpha value is -0.420. The summed E-state index contributed by atoms with van der Waals surface area (Å²) in [6.45, 7) is 2.01. The number of aryl methyl sites for hydroxylation is 1. The average Bonchev–Trinajstić information content (AvgIpc) is 2.64. The summed E-state index contributed by atoms with van der Waals surface area (Å²) < 4.78 is 14.7. The minimum Gasteiger partial charge on any atom is -0.323 e. The molecule has 2 aromatic rings. The number of benzene rings is 1. The van der Waals surface area contributed by atoms with Gasteiger partial charge >= 0.3 is 0 Å². The van der Waals surface area contributed by atoms with Gasteiger partial charge in [0.05, 0.1) is 0 Å². The Morgan fingerprint density at radius 1 is 1.50 bits per heavy atom. The first kappa shape index (κ1) is 14.0. The standard InChI is InChI=1S/C13H12BrClFNS/c1-7-9(14)6-13(18-7)12(17)5-8-10(15)3-2-4-11(8)16/h2-4,6,12H,5,17H2,1H3. The molecular formula is C13H12BrClFNS. The molecule has 0 amide bonds. The lowest BCUT2D eigenvalue weighted by atomic mass is 10.0. The molecule has 1 aromatic heterocycles. The van der Waals surface area contributed by atoms with E-state index in [0.29, 0.717) is 17.0 Å². The minimum absolute atomic E-state index is 0.241. The first-order chi connectivity index (χ1) is 8.49. The zero-order valence-electron chi connectivity index (χ0n) is 9.71. The van der Waals surface area contributed by atoms with Crippen LogP contribution in [0.3, 0.4) is 0 Å². The second kappa shape index (κ2) is 5.70. The molecular weight excluding hydrogens is 337 g/mol. The van der Waals surface area contributed by atoms with E-state index >= 15 is 0 Å². The van der Waals surface area contributed by atoms with Gasteiger partial charge in [0.2, 0.25) is 0 Å². The highest BCUT2D eigenvalue weighted by Crippen LogP contribution is 2.32. The van der Waals surface area contributed by atoms with Gasteiger partial charge in [-0.15, -0.1) is 11.3 Å². The maximum Gasteiger partial charge on any atom is 0.127 e. The highest BCUT2D eigenvalue weighted by molar-refractivity contribution is 9.10. The Morgan fingerprint density at radius 2 is 2.22 bits per heavy atom. The molecule has 1 heterocycles. The summed E-state index contributed by atoms with van der Waals surface area (Å²) in [4.78, 5) is 2.19. The maximum absolute atomic E-state index is 13.7. The molecule has 0 aliphatic heterocycles. The molecule has 0 fully saturated rings. The Bertz CT molecular complexity index is 530. The van der Waals surface area contributed by atoms with Gasteiger partial charge in [0.25, 0.3) is 0 Å². The monoisotopic (exact) mass is 347 g/mol. The van der Waals surface area contributed by atoms with Crippen molar-refractivity contribution in [2.24, 2.45) is 5.73 Å². The molecule has 18 heavy (non-hydrogen) atoms. The van der Waals surface area contributed by atoms with Crippen LogP contribution in [0.1, 0.15) is 21.4 Å². The van der Waals surface area contributed by atoms with Gasteiger partial charge in [-0.3, -0.25) is 0 Å². The lowest BCUT2D eigenvalue weighted by molar-refractivity contribution is 0.595.